The van der Waals surface area contributed by atoms with Crippen LogP contribution in [-0.4, -0.2) is 97.8 Å². The van der Waals surface area contributed by atoms with E-state index in [1.807, 2.05) is 41.0 Å². The van der Waals surface area contributed by atoms with Gasteiger partial charge in [-0.3, -0.25) is 24.7 Å². The lowest BCUT2D eigenvalue weighted by molar-refractivity contribution is -0.149. The number of piperidine rings is 1. The summed E-state index contributed by atoms with van der Waals surface area (Å²) < 4.78 is 7.46. The monoisotopic (exact) mass is 811 g/mol. The van der Waals surface area contributed by atoms with Crippen LogP contribution in [0.2, 0.25) is 0 Å². The number of hydrogen-bond acceptors (Lipinski definition) is 13. The Kier molecular flexibility index (Phi) is 9.59. The van der Waals surface area contributed by atoms with Crippen LogP contribution in [0.15, 0.2) is 55.0 Å². The largest absolute Gasteiger partial charge is 0.381 e. The van der Waals surface area contributed by atoms with Crippen LogP contribution >= 0.6 is 11.3 Å². The molecule has 6 fully saturated rings. The molecule has 3 saturated heterocycles. The van der Waals surface area contributed by atoms with Gasteiger partial charge in [-0.15, -0.1) is 10.2 Å². The Hall–Kier alpha value is -5.79. The molecule has 3 saturated carbocycles. The third kappa shape index (κ3) is 6.89. The Bertz CT molecular complexity index is 2450. The standard InChI is InChI=1S/C43H45N11O4S/c44-23-27-21-30-2-4-35(54(30)47-24-27)34-22-33(48-29-7-19-58-20-8-29)32(26-45-34)39-50-51-40(59-39)42-9-12-43(13-10-42,14-11-42)41(57)53-17-15-52(16-18-53)36-5-1-28(25-46-36)31-3-6-37(55)49-38(31)56/h1-2,4-5,21-22,24-26,29,31H,3,6-20H2,(H,45,48)(H,49,55,56). The highest BCUT2D eigenvalue weighted by molar-refractivity contribution is 7.14. The average molecular weight is 812 g/mol. The van der Waals surface area contributed by atoms with Crippen molar-refractivity contribution in [2.45, 2.75) is 81.6 Å². The summed E-state index contributed by atoms with van der Waals surface area (Å²) >= 11 is 1.65. The number of nitrogens with one attached hydrogen (secondary N) is 2. The maximum absolute atomic E-state index is 14.3. The minimum atomic E-state index is -0.355. The molecule has 11 rings (SSSR count). The number of anilines is 2. The molecule has 1 unspecified atom stereocenters. The van der Waals surface area contributed by atoms with Crippen molar-refractivity contribution in [3.63, 3.8) is 0 Å². The van der Waals surface area contributed by atoms with Crippen LogP contribution in [0.25, 0.3) is 27.5 Å². The Morgan fingerprint density at radius 3 is 2.44 bits per heavy atom. The molecule has 0 aromatic carbocycles. The van der Waals surface area contributed by atoms with Crippen molar-refractivity contribution in [2.24, 2.45) is 5.41 Å². The molecule has 16 heteroatoms. The van der Waals surface area contributed by atoms with E-state index < -0.39 is 0 Å². The Morgan fingerprint density at radius 2 is 1.71 bits per heavy atom. The lowest BCUT2D eigenvalue weighted by Crippen LogP contribution is -2.57. The van der Waals surface area contributed by atoms with Gasteiger partial charge in [0.15, 0.2) is 5.01 Å². The zero-order chi connectivity index (χ0) is 40.1. The molecule has 5 aromatic rings. The number of carbonyl (C=O) groups excluding carboxylic acids is 3. The molecule has 5 aromatic heterocycles. The fourth-order valence-electron chi connectivity index (χ4n) is 9.85. The Morgan fingerprint density at radius 1 is 0.915 bits per heavy atom. The summed E-state index contributed by atoms with van der Waals surface area (Å²) in [5, 5.41) is 31.6. The van der Waals surface area contributed by atoms with Gasteiger partial charge in [0, 0.05) is 80.8 Å². The van der Waals surface area contributed by atoms with E-state index in [1.54, 1.807) is 23.7 Å². The summed E-state index contributed by atoms with van der Waals surface area (Å²) in [6, 6.07) is 14.1. The number of rotatable bonds is 8. The molecule has 0 spiro atoms. The third-order valence-corrected chi connectivity index (χ3v) is 14.7. The second kappa shape index (κ2) is 15.1. The molecular weight excluding hydrogens is 767 g/mol. The average Bonchev–Trinajstić information content (AvgIpc) is 3.96. The molecule has 0 radical (unpaired) electrons. The molecular formula is C43H45N11O4S. The Labute approximate surface area is 345 Å². The van der Waals surface area contributed by atoms with Gasteiger partial charge in [0.2, 0.25) is 17.7 Å². The van der Waals surface area contributed by atoms with Crippen LogP contribution in [0.5, 0.6) is 0 Å². The van der Waals surface area contributed by atoms with E-state index in [9.17, 15) is 19.6 Å². The highest BCUT2D eigenvalue weighted by Gasteiger charge is 2.55. The second-order valence-corrected chi connectivity index (χ2v) is 17.7. The number of nitrogens with zero attached hydrogens (tertiary/aromatic N) is 9. The molecule has 3 aliphatic heterocycles. The summed E-state index contributed by atoms with van der Waals surface area (Å²) in [5.74, 6) is 0.287. The van der Waals surface area contributed by atoms with Crippen molar-refractivity contribution in [3.05, 3.63) is 71.1 Å². The van der Waals surface area contributed by atoms with Crippen LogP contribution in [0.3, 0.4) is 0 Å². The minimum Gasteiger partial charge on any atom is -0.381 e. The summed E-state index contributed by atoms with van der Waals surface area (Å²) in [5.41, 5.74) is 5.21. The minimum absolute atomic E-state index is 0.0806. The van der Waals surface area contributed by atoms with Crippen LogP contribution in [0.4, 0.5) is 11.5 Å². The molecule has 3 aliphatic carbocycles. The van der Waals surface area contributed by atoms with Crippen LogP contribution < -0.4 is 15.5 Å². The van der Waals surface area contributed by atoms with Gasteiger partial charge < -0.3 is 19.9 Å². The fourth-order valence-corrected chi connectivity index (χ4v) is 11.0. The van der Waals surface area contributed by atoms with Gasteiger partial charge in [-0.25, -0.2) is 9.50 Å². The molecule has 2 N–H and O–H groups in total. The zero-order valence-corrected chi connectivity index (χ0v) is 33.5. The van der Waals surface area contributed by atoms with Crippen LogP contribution in [0.1, 0.15) is 86.3 Å². The summed E-state index contributed by atoms with van der Waals surface area (Å²) in [7, 11) is 0. The second-order valence-electron chi connectivity index (χ2n) is 16.8. The number of nitriles is 1. The van der Waals surface area contributed by atoms with Crippen LogP contribution in [-0.2, 0) is 24.5 Å². The van der Waals surface area contributed by atoms with Gasteiger partial charge in [-0.2, -0.15) is 10.4 Å². The van der Waals surface area contributed by atoms with Crippen molar-refractivity contribution in [3.8, 4) is 28.0 Å². The fraction of sp³-hybridized carbons (Fsp3) is 0.465. The molecule has 6 aliphatic rings. The smallest absolute Gasteiger partial charge is 0.234 e. The van der Waals surface area contributed by atoms with Crippen molar-refractivity contribution in [1.29, 1.82) is 5.26 Å². The van der Waals surface area contributed by atoms with E-state index in [2.05, 4.69) is 42.7 Å². The first-order valence-electron chi connectivity index (χ1n) is 20.7. The number of ether oxygens (including phenoxy) is 1. The number of imide groups is 1. The maximum Gasteiger partial charge on any atom is 0.234 e. The predicted octanol–water partition coefficient (Wildman–Crippen LogP) is 5.23. The van der Waals surface area contributed by atoms with Gasteiger partial charge >= 0.3 is 0 Å². The van der Waals surface area contributed by atoms with Gasteiger partial charge in [0.1, 0.15) is 16.9 Å². The van der Waals surface area contributed by atoms with E-state index >= 15 is 0 Å². The number of carbonyl (C=O) groups is 3. The number of pyridine rings is 2. The molecule has 8 heterocycles. The van der Waals surface area contributed by atoms with Crippen molar-refractivity contribution in [1.82, 2.24) is 40.0 Å². The molecule has 2 bridgehead atoms. The van der Waals surface area contributed by atoms with E-state index in [0.717, 1.165) is 101 Å². The number of hydrogen-bond donors (Lipinski definition) is 2. The van der Waals surface area contributed by atoms with Crippen molar-refractivity contribution >= 4 is 46.1 Å². The van der Waals surface area contributed by atoms with Crippen molar-refractivity contribution in [2.75, 3.05) is 49.6 Å². The lowest BCUT2D eigenvalue weighted by Gasteiger charge is -2.53. The highest BCUT2D eigenvalue weighted by atomic mass is 32.1. The lowest BCUT2D eigenvalue weighted by atomic mass is 9.53. The van der Waals surface area contributed by atoms with Crippen molar-refractivity contribution < 1.29 is 19.1 Å². The summed E-state index contributed by atoms with van der Waals surface area (Å²) in [4.78, 5) is 52.0. The van der Waals surface area contributed by atoms with Gasteiger partial charge in [0.25, 0.3) is 0 Å². The maximum atomic E-state index is 14.3. The third-order valence-electron chi connectivity index (χ3n) is 13.5. The van der Waals surface area contributed by atoms with E-state index in [-0.39, 0.29) is 40.5 Å². The number of aromatic nitrogens is 6. The highest BCUT2D eigenvalue weighted by Crippen LogP contribution is 2.59. The van der Waals surface area contributed by atoms with E-state index in [4.69, 9.17) is 19.9 Å². The zero-order valence-electron chi connectivity index (χ0n) is 32.7. The number of fused-ring (bicyclic) bond motifs is 4. The quantitative estimate of drug-likeness (QED) is 0.195. The summed E-state index contributed by atoms with van der Waals surface area (Å²) in [6.45, 7) is 4.14. The molecule has 1 atom stereocenters. The first-order valence-corrected chi connectivity index (χ1v) is 21.5. The summed E-state index contributed by atoms with van der Waals surface area (Å²) in [6.07, 6.45) is 13.2. The topological polar surface area (TPSA) is 184 Å². The molecule has 302 valence electrons. The van der Waals surface area contributed by atoms with E-state index in [1.165, 1.54) is 0 Å². The normalized spacial score (nSPS) is 24.9. The number of piperazine rings is 1. The van der Waals surface area contributed by atoms with Gasteiger partial charge in [-0.05, 0) is 93.7 Å². The van der Waals surface area contributed by atoms with Crippen LogP contribution in [0, 0.1) is 16.7 Å². The molecule has 59 heavy (non-hydrogen) atoms. The Balaban J connectivity index is 0.811. The first-order chi connectivity index (χ1) is 28.8. The first kappa shape index (κ1) is 37.5. The number of amides is 3. The molecule has 15 nitrogen and oxygen atoms in total. The SMILES string of the molecule is N#Cc1cnn2c(-c3cc(NC4CCOCC4)c(-c4nnc(C56CCC(C(=O)N7CCN(c8ccc(C9CCC(=O)NC9=O)cn8)CC7)(CC5)CC6)s4)cn3)ccc2c1. The van der Waals surface area contributed by atoms with E-state index in [0.29, 0.717) is 57.8 Å². The molecule has 3 amide bonds. The van der Waals surface area contributed by atoms with Gasteiger partial charge in [-0.1, -0.05) is 17.4 Å². The predicted molar refractivity (Wildman–Crippen MR) is 219 cm³/mol. The van der Waals surface area contributed by atoms with Gasteiger partial charge in [0.05, 0.1) is 40.1 Å².